The van der Waals surface area contributed by atoms with Gasteiger partial charge in [-0.2, -0.15) is 0 Å². The van der Waals surface area contributed by atoms with Gasteiger partial charge < -0.3 is 14.9 Å². The Morgan fingerprint density at radius 1 is 0.920 bits per heavy atom. The molecule has 2 N–H and O–H groups in total. The Bertz CT molecular complexity index is 567. The van der Waals surface area contributed by atoms with Crippen LogP contribution in [0.15, 0.2) is 72.9 Å². The number of allylic oxidation sites excluding steroid dienone is 5. The van der Waals surface area contributed by atoms with Gasteiger partial charge in [0.15, 0.2) is 0 Å². The largest absolute Gasteiger partial charge is 0.493 e. The fourth-order valence-electron chi connectivity index (χ4n) is 2.02. The summed E-state index contributed by atoms with van der Waals surface area (Å²) in [4.78, 5) is 0. The lowest BCUT2D eigenvalue weighted by Gasteiger charge is -2.08. The summed E-state index contributed by atoms with van der Waals surface area (Å²) in [6, 6.07) is 7.86. The van der Waals surface area contributed by atoms with Gasteiger partial charge in [0.2, 0.25) is 0 Å². The molecule has 0 radical (unpaired) electrons. The van der Waals surface area contributed by atoms with Crippen LogP contribution in [0.3, 0.4) is 0 Å². The third-order valence-electron chi connectivity index (χ3n) is 3.48. The van der Waals surface area contributed by atoms with Crippen LogP contribution in [0.25, 0.3) is 0 Å². The van der Waals surface area contributed by atoms with Crippen LogP contribution >= 0.6 is 0 Å². The minimum atomic E-state index is -0.538. The maximum atomic E-state index is 9.87. The van der Waals surface area contributed by atoms with E-state index in [4.69, 9.17) is 4.74 Å². The molecular formula is C22H30O3. The lowest BCUT2D eigenvalue weighted by Crippen LogP contribution is -2.08. The molecule has 0 fully saturated rings. The standard InChI is InChI=1S/C22H30O3/c1-3-4-7-10-20(23)11-8-5-6-9-12-21(24)17-18-25-22-15-13-19(2)14-16-22/h4-9,11-16,20-21,23-24H,3,10,17-18H2,1-2H3. The van der Waals surface area contributed by atoms with Gasteiger partial charge in [-0.1, -0.05) is 73.2 Å². The Kier molecular flexibility index (Phi) is 11.1. The molecule has 1 aromatic carbocycles. The maximum Gasteiger partial charge on any atom is 0.119 e. The first-order valence-electron chi connectivity index (χ1n) is 8.84. The van der Waals surface area contributed by atoms with Crippen LogP contribution in [0.2, 0.25) is 0 Å². The van der Waals surface area contributed by atoms with Crippen molar-refractivity contribution in [2.45, 2.75) is 45.3 Å². The lowest BCUT2D eigenvalue weighted by atomic mass is 10.2. The molecule has 0 amide bonds. The number of hydrogen-bond donors (Lipinski definition) is 2. The molecule has 0 aliphatic carbocycles. The average Bonchev–Trinajstić information content (AvgIpc) is 2.60. The molecule has 2 unspecified atom stereocenters. The van der Waals surface area contributed by atoms with Gasteiger partial charge in [-0.15, -0.1) is 0 Å². The smallest absolute Gasteiger partial charge is 0.119 e. The first-order chi connectivity index (χ1) is 12.1. The molecule has 0 bridgehead atoms. The van der Waals surface area contributed by atoms with Gasteiger partial charge in [0, 0.05) is 6.42 Å². The highest BCUT2D eigenvalue weighted by molar-refractivity contribution is 5.26. The number of rotatable bonds is 11. The van der Waals surface area contributed by atoms with Crippen LogP contribution in [-0.2, 0) is 0 Å². The van der Waals surface area contributed by atoms with Crippen molar-refractivity contribution in [3.8, 4) is 5.75 Å². The molecule has 1 aromatic rings. The summed E-state index contributed by atoms with van der Waals surface area (Å²) in [6.45, 7) is 4.57. The predicted octanol–water partition coefficient (Wildman–Crippen LogP) is 4.51. The fraction of sp³-hybridized carbons (Fsp3) is 0.364. The van der Waals surface area contributed by atoms with Crippen molar-refractivity contribution < 1.29 is 14.9 Å². The summed E-state index contributed by atoms with van der Waals surface area (Å²) in [5.41, 5.74) is 1.20. The van der Waals surface area contributed by atoms with E-state index in [2.05, 4.69) is 6.92 Å². The van der Waals surface area contributed by atoms with Crippen LogP contribution < -0.4 is 4.74 Å². The van der Waals surface area contributed by atoms with Crippen molar-refractivity contribution in [2.75, 3.05) is 6.61 Å². The molecule has 0 aliphatic rings. The summed E-state index contributed by atoms with van der Waals surface area (Å²) >= 11 is 0. The van der Waals surface area contributed by atoms with E-state index in [9.17, 15) is 10.2 Å². The fourth-order valence-corrected chi connectivity index (χ4v) is 2.02. The maximum absolute atomic E-state index is 9.87. The Morgan fingerprint density at radius 2 is 1.56 bits per heavy atom. The first-order valence-corrected chi connectivity index (χ1v) is 8.84. The molecule has 0 aromatic heterocycles. The molecule has 1 rings (SSSR count). The number of aliphatic hydroxyl groups excluding tert-OH is 2. The van der Waals surface area contributed by atoms with Gasteiger partial charge in [0.25, 0.3) is 0 Å². The van der Waals surface area contributed by atoms with Crippen molar-refractivity contribution in [2.24, 2.45) is 0 Å². The van der Waals surface area contributed by atoms with E-state index in [0.29, 0.717) is 19.4 Å². The predicted molar refractivity (Wildman–Crippen MR) is 105 cm³/mol. The van der Waals surface area contributed by atoms with Gasteiger partial charge in [-0.05, 0) is 31.9 Å². The molecule has 25 heavy (non-hydrogen) atoms. The van der Waals surface area contributed by atoms with Crippen molar-refractivity contribution in [1.29, 1.82) is 0 Å². The summed E-state index contributed by atoms with van der Waals surface area (Å²) < 4.78 is 5.59. The zero-order chi connectivity index (χ0) is 18.3. The third-order valence-corrected chi connectivity index (χ3v) is 3.48. The summed E-state index contributed by atoms with van der Waals surface area (Å²) in [5, 5.41) is 19.6. The number of aryl methyl sites for hydroxylation is 1. The minimum Gasteiger partial charge on any atom is -0.493 e. The van der Waals surface area contributed by atoms with E-state index in [1.54, 1.807) is 18.2 Å². The average molecular weight is 342 g/mol. The molecule has 0 heterocycles. The van der Waals surface area contributed by atoms with Gasteiger partial charge in [0.1, 0.15) is 5.75 Å². The Balaban J connectivity index is 2.19. The third kappa shape index (κ3) is 11.1. The summed E-state index contributed by atoms with van der Waals surface area (Å²) in [6.07, 6.45) is 15.9. The highest BCUT2D eigenvalue weighted by atomic mass is 16.5. The molecule has 3 heteroatoms. The SMILES string of the molecule is CCC=CCC(O)C=CC=CC=CC(O)CCOc1ccc(C)cc1. The van der Waals surface area contributed by atoms with Gasteiger partial charge >= 0.3 is 0 Å². The second kappa shape index (κ2) is 13.2. The molecule has 0 saturated carbocycles. The van der Waals surface area contributed by atoms with Gasteiger partial charge in [-0.25, -0.2) is 0 Å². The number of ether oxygens (including phenoxy) is 1. The van der Waals surface area contributed by atoms with E-state index < -0.39 is 12.2 Å². The van der Waals surface area contributed by atoms with Gasteiger partial charge in [0.05, 0.1) is 18.8 Å². The van der Waals surface area contributed by atoms with Crippen LogP contribution in [-0.4, -0.2) is 29.0 Å². The molecular weight excluding hydrogens is 312 g/mol. The van der Waals surface area contributed by atoms with Gasteiger partial charge in [-0.3, -0.25) is 0 Å². The Labute approximate surface area is 151 Å². The van der Waals surface area contributed by atoms with E-state index in [0.717, 1.165) is 12.2 Å². The molecule has 0 saturated heterocycles. The number of hydrogen-bond acceptors (Lipinski definition) is 3. The second-order valence-electron chi connectivity index (χ2n) is 5.85. The summed E-state index contributed by atoms with van der Waals surface area (Å²) in [7, 11) is 0. The highest BCUT2D eigenvalue weighted by Crippen LogP contribution is 2.11. The summed E-state index contributed by atoms with van der Waals surface area (Å²) in [5.74, 6) is 0.819. The normalized spacial score (nSPS) is 14.9. The van der Waals surface area contributed by atoms with Crippen molar-refractivity contribution in [3.05, 3.63) is 78.4 Å². The zero-order valence-electron chi connectivity index (χ0n) is 15.2. The zero-order valence-corrected chi connectivity index (χ0v) is 15.2. The monoisotopic (exact) mass is 342 g/mol. The van der Waals surface area contributed by atoms with Crippen LogP contribution in [0.1, 0.15) is 31.7 Å². The minimum absolute atomic E-state index is 0.457. The quantitative estimate of drug-likeness (QED) is 0.459. The Hall–Kier alpha value is -2.10. The van der Waals surface area contributed by atoms with Crippen molar-refractivity contribution >= 4 is 0 Å². The molecule has 0 aliphatic heterocycles. The Morgan fingerprint density at radius 3 is 2.20 bits per heavy atom. The topological polar surface area (TPSA) is 49.7 Å². The van der Waals surface area contributed by atoms with E-state index in [1.807, 2.05) is 61.6 Å². The number of aliphatic hydroxyl groups is 2. The van der Waals surface area contributed by atoms with Crippen molar-refractivity contribution in [1.82, 2.24) is 0 Å². The molecule has 136 valence electrons. The van der Waals surface area contributed by atoms with Crippen LogP contribution in [0.5, 0.6) is 5.75 Å². The first kappa shape index (κ1) is 20.9. The molecule has 0 spiro atoms. The second-order valence-corrected chi connectivity index (χ2v) is 5.85. The number of benzene rings is 1. The van der Waals surface area contributed by atoms with Crippen molar-refractivity contribution in [3.63, 3.8) is 0 Å². The van der Waals surface area contributed by atoms with Crippen LogP contribution in [0, 0.1) is 6.92 Å². The van der Waals surface area contributed by atoms with E-state index >= 15 is 0 Å². The molecule has 2 atom stereocenters. The molecule has 3 nitrogen and oxygen atoms in total. The highest BCUT2D eigenvalue weighted by Gasteiger charge is 1.99. The van der Waals surface area contributed by atoms with E-state index in [1.165, 1.54) is 5.56 Å². The van der Waals surface area contributed by atoms with Crippen LogP contribution in [0.4, 0.5) is 0 Å². The lowest BCUT2D eigenvalue weighted by molar-refractivity contribution is 0.178. The van der Waals surface area contributed by atoms with E-state index in [-0.39, 0.29) is 0 Å².